The van der Waals surface area contributed by atoms with Crippen LogP contribution in [0.2, 0.25) is 0 Å². The second-order valence-corrected chi connectivity index (χ2v) is 6.54. The Morgan fingerprint density at radius 1 is 1.29 bits per heavy atom. The summed E-state index contributed by atoms with van der Waals surface area (Å²) in [7, 11) is 0. The average molecular weight is 326 g/mol. The van der Waals surface area contributed by atoms with E-state index in [2.05, 4.69) is 52.5 Å². The fourth-order valence-corrected chi connectivity index (χ4v) is 3.39. The zero-order valence-electron chi connectivity index (χ0n) is 14.5. The van der Waals surface area contributed by atoms with Crippen LogP contribution < -0.4 is 10.9 Å². The molecule has 1 N–H and O–H groups in total. The predicted octanol–water partition coefficient (Wildman–Crippen LogP) is 2.73. The molecule has 2 heterocycles. The molecule has 2 aromatic rings. The number of benzene rings is 1. The number of hydrogen-bond acceptors (Lipinski definition) is 4. The summed E-state index contributed by atoms with van der Waals surface area (Å²) in [5.74, 6) is 0.480. The Bertz CT molecular complexity index is 713. The maximum absolute atomic E-state index is 12.3. The molecule has 1 fully saturated rings. The van der Waals surface area contributed by atoms with Crippen molar-refractivity contribution in [3.63, 3.8) is 0 Å². The lowest BCUT2D eigenvalue weighted by Gasteiger charge is -2.38. The number of nitrogens with zero attached hydrogens (tertiary/aromatic N) is 3. The normalized spacial score (nSPS) is 21.6. The highest BCUT2D eigenvalue weighted by molar-refractivity contribution is 5.32. The molecule has 0 spiro atoms. The van der Waals surface area contributed by atoms with Crippen molar-refractivity contribution in [3.8, 4) is 0 Å². The lowest BCUT2D eigenvalue weighted by atomic mass is 9.97. The summed E-state index contributed by atoms with van der Waals surface area (Å²) in [5, 5.41) is 3.37. The molecule has 0 aliphatic carbocycles. The molecule has 0 radical (unpaired) electrons. The zero-order valence-corrected chi connectivity index (χ0v) is 14.5. The first-order valence-electron chi connectivity index (χ1n) is 8.77. The Morgan fingerprint density at radius 3 is 2.79 bits per heavy atom. The number of anilines is 1. The molecule has 0 saturated carbocycles. The van der Waals surface area contributed by atoms with Crippen molar-refractivity contribution >= 4 is 5.82 Å². The number of aromatic nitrogens is 2. The topological polar surface area (TPSA) is 50.2 Å². The lowest BCUT2D eigenvalue weighted by Crippen LogP contribution is -2.45. The van der Waals surface area contributed by atoms with E-state index in [0.717, 1.165) is 25.9 Å². The Hall–Kier alpha value is -2.14. The highest BCUT2D eigenvalue weighted by Gasteiger charge is 2.26. The summed E-state index contributed by atoms with van der Waals surface area (Å²) in [6.07, 6.45) is 5.48. The molecule has 1 aliphatic rings. The Balaban J connectivity index is 1.61. The van der Waals surface area contributed by atoms with Gasteiger partial charge < -0.3 is 9.88 Å². The third-order valence-electron chi connectivity index (χ3n) is 4.84. The van der Waals surface area contributed by atoms with Gasteiger partial charge in [-0.05, 0) is 32.3 Å². The first kappa shape index (κ1) is 16.7. The van der Waals surface area contributed by atoms with Crippen LogP contribution in [0.5, 0.6) is 0 Å². The minimum absolute atomic E-state index is 0.0284. The van der Waals surface area contributed by atoms with Crippen molar-refractivity contribution in [2.45, 2.75) is 51.9 Å². The van der Waals surface area contributed by atoms with Gasteiger partial charge in [0.15, 0.2) is 5.82 Å². The number of likely N-dealkylation sites (tertiary alicyclic amines) is 1. The minimum Gasteiger partial charge on any atom is -0.363 e. The van der Waals surface area contributed by atoms with Gasteiger partial charge in [-0.1, -0.05) is 30.3 Å². The van der Waals surface area contributed by atoms with Crippen molar-refractivity contribution in [3.05, 3.63) is 58.6 Å². The van der Waals surface area contributed by atoms with E-state index in [0.29, 0.717) is 24.4 Å². The van der Waals surface area contributed by atoms with Gasteiger partial charge in [-0.3, -0.25) is 9.69 Å². The molecule has 3 rings (SSSR count). The summed E-state index contributed by atoms with van der Waals surface area (Å²) in [6, 6.07) is 11.4. The molecule has 24 heavy (non-hydrogen) atoms. The van der Waals surface area contributed by atoms with Gasteiger partial charge >= 0.3 is 0 Å². The van der Waals surface area contributed by atoms with Crippen LogP contribution in [0.25, 0.3) is 0 Å². The van der Waals surface area contributed by atoms with E-state index >= 15 is 0 Å². The molecular weight excluding hydrogens is 300 g/mol. The summed E-state index contributed by atoms with van der Waals surface area (Å²) in [5.41, 5.74) is 1.32. The highest BCUT2D eigenvalue weighted by atomic mass is 16.1. The maximum atomic E-state index is 12.3. The van der Waals surface area contributed by atoms with Crippen molar-refractivity contribution < 1.29 is 0 Å². The molecule has 1 saturated heterocycles. The van der Waals surface area contributed by atoms with Gasteiger partial charge in [-0.15, -0.1) is 0 Å². The summed E-state index contributed by atoms with van der Waals surface area (Å²) in [4.78, 5) is 19.0. The van der Waals surface area contributed by atoms with Gasteiger partial charge in [-0.25, -0.2) is 4.98 Å². The number of rotatable bonds is 5. The molecule has 128 valence electrons. The van der Waals surface area contributed by atoms with Gasteiger partial charge in [0, 0.05) is 44.1 Å². The standard InChI is InChI=1S/C19H26N4O/c1-3-22-12-10-20-18(19(22)24)21-17-9-11-23(15(2)13-17)14-16-7-5-4-6-8-16/h4-8,10,12,15,17H,3,9,11,13-14H2,1-2H3,(H,20,21). The van der Waals surface area contributed by atoms with Crippen molar-refractivity contribution in [2.75, 3.05) is 11.9 Å². The van der Waals surface area contributed by atoms with Gasteiger partial charge in [-0.2, -0.15) is 0 Å². The first-order valence-corrected chi connectivity index (χ1v) is 8.77. The Labute approximate surface area is 143 Å². The van der Waals surface area contributed by atoms with Crippen molar-refractivity contribution in [1.29, 1.82) is 0 Å². The Morgan fingerprint density at radius 2 is 2.08 bits per heavy atom. The highest BCUT2D eigenvalue weighted by Crippen LogP contribution is 2.21. The van der Waals surface area contributed by atoms with E-state index in [-0.39, 0.29) is 5.56 Å². The third-order valence-corrected chi connectivity index (χ3v) is 4.84. The zero-order chi connectivity index (χ0) is 16.9. The van der Waals surface area contributed by atoms with Crippen LogP contribution in [0.1, 0.15) is 32.3 Å². The van der Waals surface area contributed by atoms with E-state index in [1.807, 2.05) is 6.92 Å². The number of piperidine rings is 1. The molecule has 1 aliphatic heterocycles. The van der Waals surface area contributed by atoms with Crippen molar-refractivity contribution in [2.24, 2.45) is 0 Å². The Kier molecular flexibility index (Phi) is 5.30. The van der Waals surface area contributed by atoms with Gasteiger partial charge in [0.2, 0.25) is 0 Å². The molecule has 2 unspecified atom stereocenters. The van der Waals surface area contributed by atoms with E-state index in [4.69, 9.17) is 0 Å². The fraction of sp³-hybridized carbons (Fsp3) is 0.474. The van der Waals surface area contributed by atoms with Crippen LogP contribution in [0.15, 0.2) is 47.5 Å². The summed E-state index contributed by atoms with van der Waals surface area (Å²) >= 11 is 0. The van der Waals surface area contributed by atoms with E-state index in [9.17, 15) is 4.79 Å². The SMILES string of the molecule is CCn1ccnc(NC2CCN(Cc3ccccc3)C(C)C2)c1=O. The van der Waals surface area contributed by atoms with Crippen molar-refractivity contribution in [1.82, 2.24) is 14.5 Å². The number of hydrogen-bond donors (Lipinski definition) is 1. The quantitative estimate of drug-likeness (QED) is 0.918. The second-order valence-electron chi connectivity index (χ2n) is 6.54. The molecule has 0 amide bonds. The largest absolute Gasteiger partial charge is 0.363 e. The molecular formula is C19H26N4O. The summed E-state index contributed by atoms with van der Waals surface area (Å²) < 4.78 is 1.68. The summed E-state index contributed by atoms with van der Waals surface area (Å²) in [6.45, 7) is 6.92. The smallest absolute Gasteiger partial charge is 0.293 e. The van der Waals surface area contributed by atoms with Gasteiger partial charge in [0.1, 0.15) is 0 Å². The van der Waals surface area contributed by atoms with Crippen LogP contribution in [0, 0.1) is 0 Å². The predicted molar refractivity (Wildman–Crippen MR) is 97.1 cm³/mol. The molecule has 5 heteroatoms. The average Bonchev–Trinajstić information content (AvgIpc) is 2.60. The van der Waals surface area contributed by atoms with Crippen LogP contribution in [0.3, 0.4) is 0 Å². The first-order chi connectivity index (χ1) is 11.7. The second kappa shape index (κ2) is 7.62. The van der Waals surface area contributed by atoms with Crippen LogP contribution >= 0.6 is 0 Å². The lowest BCUT2D eigenvalue weighted by molar-refractivity contribution is 0.144. The van der Waals surface area contributed by atoms with Crippen LogP contribution in [-0.4, -0.2) is 33.1 Å². The minimum atomic E-state index is -0.0284. The van der Waals surface area contributed by atoms with Gasteiger partial charge in [0.25, 0.3) is 5.56 Å². The van der Waals surface area contributed by atoms with Gasteiger partial charge in [0.05, 0.1) is 0 Å². The third kappa shape index (κ3) is 3.85. The molecule has 2 atom stereocenters. The number of nitrogens with one attached hydrogen (secondary N) is 1. The fourth-order valence-electron chi connectivity index (χ4n) is 3.39. The van der Waals surface area contributed by atoms with Crippen LogP contribution in [-0.2, 0) is 13.1 Å². The molecule has 1 aromatic carbocycles. The number of aryl methyl sites for hydroxylation is 1. The molecule has 5 nitrogen and oxygen atoms in total. The van der Waals surface area contributed by atoms with E-state index in [1.165, 1.54) is 5.56 Å². The molecule has 1 aromatic heterocycles. The maximum Gasteiger partial charge on any atom is 0.293 e. The van der Waals surface area contributed by atoms with E-state index in [1.54, 1.807) is 17.0 Å². The molecule has 0 bridgehead atoms. The van der Waals surface area contributed by atoms with E-state index < -0.39 is 0 Å². The van der Waals surface area contributed by atoms with Crippen LogP contribution in [0.4, 0.5) is 5.82 Å². The monoisotopic (exact) mass is 326 g/mol.